The Morgan fingerprint density at radius 3 is 2.43 bits per heavy atom. The van der Waals surface area contributed by atoms with E-state index in [4.69, 9.17) is 4.74 Å². The minimum Gasteiger partial charge on any atom is -0.373 e. The van der Waals surface area contributed by atoms with Gasteiger partial charge in [-0.25, -0.2) is 0 Å². The quantitative estimate of drug-likeness (QED) is 0.813. The first kappa shape index (κ1) is 19.1. The molecule has 5 nitrogen and oxygen atoms in total. The molecule has 0 N–H and O–H groups in total. The number of rotatable bonds is 4. The Hall–Kier alpha value is -2.24. The Balaban J connectivity index is 1.42. The minimum absolute atomic E-state index is 0.125. The van der Waals surface area contributed by atoms with E-state index < -0.39 is 0 Å². The van der Waals surface area contributed by atoms with Crippen molar-refractivity contribution in [2.75, 3.05) is 19.6 Å². The van der Waals surface area contributed by atoms with Gasteiger partial charge in [0, 0.05) is 44.1 Å². The number of carbonyl (C=O) groups is 1. The summed E-state index contributed by atoms with van der Waals surface area (Å²) in [5, 5.41) is 0. The van der Waals surface area contributed by atoms with E-state index in [1.54, 1.807) is 12.4 Å². The van der Waals surface area contributed by atoms with Gasteiger partial charge in [0.2, 0.25) is 0 Å². The van der Waals surface area contributed by atoms with Crippen LogP contribution in [0.2, 0.25) is 0 Å². The zero-order valence-electron chi connectivity index (χ0n) is 16.8. The number of hydrogen-bond donors (Lipinski definition) is 0. The number of benzene rings is 1. The van der Waals surface area contributed by atoms with Gasteiger partial charge in [-0.2, -0.15) is 0 Å². The highest BCUT2D eigenvalue weighted by Crippen LogP contribution is 2.32. The molecule has 2 aromatic rings. The Labute approximate surface area is 167 Å². The van der Waals surface area contributed by atoms with Crippen molar-refractivity contribution in [3.8, 4) is 0 Å². The van der Waals surface area contributed by atoms with Crippen molar-refractivity contribution in [2.45, 2.75) is 51.5 Å². The number of carbonyl (C=O) groups excluding carboxylic acids is 1. The lowest BCUT2D eigenvalue weighted by molar-refractivity contribution is -0.0704. The molecule has 148 valence electrons. The molecule has 1 amide bonds. The number of likely N-dealkylation sites (tertiary alicyclic amines) is 1. The number of aromatic nitrogens is 1. The molecule has 3 unspecified atom stereocenters. The van der Waals surface area contributed by atoms with Crippen molar-refractivity contribution in [3.05, 3.63) is 65.5 Å². The highest BCUT2D eigenvalue weighted by atomic mass is 16.5. The van der Waals surface area contributed by atoms with Gasteiger partial charge in [-0.05, 0) is 62.1 Å². The van der Waals surface area contributed by atoms with Crippen LogP contribution in [0, 0.1) is 0 Å². The first-order valence-corrected chi connectivity index (χ1v) is 10.3. The predicted molar refractivity (Wildman–Crippen MR) is 109 cm³/mol. The smallest absolute Gasteiger partial charge is 0.254 e. The maximum absolute atomic E-state index is 13.1. The van der Waals surface area contributed by atoms with Crippen molar-refractivity contribution in [1.82, 2.24) is 14.8 Å². The summed E-state index contributed by atoms with van der Waals surface area (Å²) in [6.07, 6.45) is 6.21. The number of morpholine rings is 1. The minimum atomic E-state index is 0.125. The third-order valence-corrected chi connectivity index (χ3v) is 5.71. The second-order valence-electron chi connectivity index (χ2n) is 8.09. The van der Waals surface area contributed by atoms with E-state index in [-0.39, 0.29) is 24.2 Å². The van der Waals surface area contributed by atoms with Gasteiger partial charge < -0.3 is 9.64 Å². The summed E-state index contributed by atoms with van der Waals surface area (Å²) in [6, 6.07) is 12.3. The van der Waals surface area contributed by atoms with Crippen LogP contribution in [0.4, 0.5) is 0 Å². The summed E-state index contributed by atoms with van der Waals surface area (Å²) in [4.78, 5) is 21.6. The average Bonchev–Trinajstić information content (AvgIpc) is 3.18. The number of pyridine rings is 1. The fourth-order valence-electron chi connectivity index (χ4n) is 4.53. The Morgan fingerprint density at radius 1 is 1.07 bits per heavy atom. The van der Waals surface area contributed by atoms with E-state index in [1.165, 1.54) is 11.1 Å². The Morgan fingerprint density at radius 2 is 1.75 bits per heavy atom. The first-order valence-electron chi connectivity index (χ1n) is 10.3. The third kappa shape index (κ3) is 4.26. The molecule has 2 aliphatic rings. The van der Waals surface area contributed by atoms with Crippen molar-refractivity contribution >= 4 is 5.91 Å². The molecular weight excluding hydrogens is 350 g/mol. The molecule has 1 aromatic carbocycles. The Bertz CT molecular complexity index is 783. The van der Waals surface area contributed by atoms with Crippen LogP contribution in [0.5, 0.6) is 0 Å². The van der Waals surface area contributed by atoms with Crippen LogP contribution < -0.4 is 0 Å². The lowest BCUT2D eigenvalue weighted by Gasteiger charge is -2.35. The second-order valence-corrected chi connectivity index (χ2v) is 8.09. The molecule has 1 aromatic heterocycles. The molecule has 3 atom stereocenters. The molecule has 0 radical (unpaired) electrons. The van der Waals surface area contributed by atoms with Gasteiger partial charge in [0.1, 0.15) is 0 Å². The normalized spacial score (nSPS) is 25.8. The van der Waals surface area contributed by atoms with Crippen LogP contribution in [0.1, 0.15) is 54.2 Å². The maximum Gasteiger partial charge on any atom is 0.254 e. The van der Waals surface area contributed by atoms with E-state index in [2.05, 4.69) is 35.9 Å². The Kier molecular flexibility index (Phi) is 5.74. The molecule has 4 rings (SSSR count). The third-order valence-electron chi connectivity index (χ3n) is 5.71. The topological polar surface area (TPSA) is 45.7 Å². The van der Waals surface area contributed by atoms with Crippen molar-refractivity contribution in [1.29, 1.82) is 0 Å². The fourth-order valence-corrected chi connectivity index (χ4v) is 4.53. The fraction of sp³-hybridized carbons (Fsp3) is 0.478. The average molecular weight is 380 g/mol. The highest BCUT2D eigenvalue weighted by molar-refractivity contribution is 5.94. The van der Waals surface area contributed by atoms with E-state index >= 15 is 0 Å². The molecule has 2 aliphatic heterocycles. The molecular formula is C23H29N3O2. The summed E-state index contributed by atoms with van der Waals surface area (Å²) in [5.74, 6) is 0.125. The maximum atomic E-state index is 13.1. The van der Waals surface area contributed by atoms with Crippen LogP contribution >= 0.6 is 0 Å². The summed E-state index contributed by atoms with van der Waals surface area (Å²) < 4.78 is 5.81. The zero-order chi connectivity index (χ0) is 19.5. The van der Waals surface area contributed by atoms with E-state index in [9.17, 15) is 4.79 Å². The highest BCUT2D eigenvalue weighted by Gasteiger charge is 2.30. The first-order chi connectivity index (χ1) is 13.6. The van der Waals surface area contributed by atoms with Crippen molar-refractivity contribution < 1.29 is 9.53 Å². The van der Waals surface area contributed by atoms with Gasteiger partial charge in [0.25, 0.3) is 5.91 Å². The standard InChI is InChI=1S/C23H29N3O2/c1-17-14-25(15-18(2)28-17)16-19-5-7-21(8-6-19)23(27)26-13-3-4-22(26)20-9-11-24-12-10-20/h5-12,17-18,22H,3-4,13-16H2,1-2H3. The molecule has 3 heterocycles. The molecule has 2 fully saturated rings. The largest absolute Gasteiger partial charge is 0.373 e. The molecule has 0 bridgehead atoms. The summed E-state index contributed by atoms with van der Waals surface area (Å²) in [6.45, 7) is 7.87. The molecule has 0 spiro atoms. The molecule has 5 heteroatoms. The summed E-state index contributed by atoms with van der Waals surface area (Å²) >= 11 is 0. The number of nitrogens with zero attached hydrogens (tertiary/aromatic N) is 3. The predicted octanol–water partition coefficient (Wildman–Crippen LogP) is 3.67. The van der Waals surface area contributed by atoms with Gasteiger partial charge >= 0.3 is 0 Å². The van der Waals surface area contributed by atoms with Crippen LogP contribution in [-0.4, -0.2) is 52.5 Å². The number of amides is 1. The van der Waals surface area contributed by atoms with Crippen molar-refractivity contribution in [2.24, 2.45) is 0 Å². The number of hydrogen-bond acceptors (Lipinski definition) is 4. The summed E-state index contributed by atoms with van der Waals surface area (Å²) in [7, 11) is 0. The molecule has 0 saturated carbocycles. The van der Waals surface area contributed by atoms with Gasteiger partial charge in [-0.1, -0.05) is 12.1 Å². The van der Waals surface area contributed by atoms with Crippen LogP contribution in [0.3, 0.4) is 0 Å². The monoisotopic (exact) mass is 379 g/mol. The van der Waals surface area contributed by atoms with E-state index in [0.29, 0.717) is 0 Å². The van der Waals surface area contributed by atoms with Gasteiger partial charge in [-0.15, -0.1) is 0 Å². The SMILES string of the molecule is CC1CN(Cc2ccc(C(=O)N3CCCC3c3ccncc3)cc2)CC(C)O1. The van der Waals surface area contributed by atoms with E-state index in [1.807, 2.05) is 29.2 Å². The summed E-state index contributed by atoms with van der Waals surface area (Å²) in [5.41, 5.74) is 3.19. The van der Waals surface area contributed by atoms with E-state index in [0.717, 1.165) is 44.6 Å². The second kappa shape index (κ2) is 8.41. The molecule has 2 saturated heterocycles. The van der Waals surface area contributed by atoms with Crippen LogP contribution in [0.25, 0.3) is 0 Å². The zero-order valence-corrected chi connectivity index (χ0v) is 16.8. The lowest BCUT2D eigenvalue weighted by atomic mass is 10.0. The molecule has 28 heavy (non-hydrogen) atoms. The van der Waals surface area contributed by atoms with Crippen LogP contribution in [0.15, 0.2) is 48.8 Å². The van der Waals surface area contributed by atoms with Gasteiger partial charge in [0.15, 0.2) is 0 Å². The van der Waals surface area contributed by atoms with Gasteiger partial charge in [-0.3, -0.25) is 14.7 Å². The van der Waals surface area contributed by atoms with Crippen LogP contribution in [-0.2, 0) is 11.3 Å². The van der Waals surface area contributed by atoms with Crippen molar-refractivity contribution in [3.63, 3.8) is 0 Å². The molecule has 0 aliphatic carbocycles. The number of ether oxygens (including phenoxy) is 1. The van der Waals surface area contributed by atoms with Gasteiger partial charge in [0.05, 0.1) is 18.2 Å². The lowest BCUT2D eigenvalue weighted by Crippen LogP contribution is -2.44.